The topological polar surface area (TPSA) is 70.4 Å². The van der Waals surface area contributed by atoms with Gasteiger partial charge in [-0.25, -0.2) is 9.78 Å². The molecule has 3 rings (SSSR count). The Bertz CT molecular complexity index is 698. The normalized spacial score (nSPS) is 19.6. The minimum absolute atomic E-state index is 0.0776. The molecule has 1 saturated heterocycles. The van der Waals surface area contributed by atoms with Gasteiger partial charge in [-0.1, -0.05) is 30.3 Å². The molecule has 6 heteroatoms. The Kier molecular flexibility index (Phi) is 5.38. The molecule has 1 aliphatic rings. The fourth-order valence-electron chi connectivity index (χ4n) is 3.32. The van der Waals surface area contributed by atoms with Crippen molar-refractivity contribution in [2.24, 2.45) is 13.0 Å². The van der Waals surface area contributed by atoms with Gasteiger partial charge in [0.1, 0.15) is 5.82 Å². The Morgan fingerprint density at radius 1 is 1.40 bits per heavy atom. The van der Waals surface area contributed by atoms with Crippen molar-refractivity contribution < 1.29 is 9.90 Å². The molecule has 0 aliphatic carbocycles. The number of hydrogen-bond donors (Lipinski definition) is 2. The standard InChI is InChI=1S/C19H26N4O2/c1-14(24)16-8-10-23(13-16)19(25)21-17(15-6-4-3-5-7-15)12-18-20-9-11-22(18)2/h3-7,9,11,14,16-17,24H,8,10,12-13H2,1-2H3,(H,21,25). The fraction of sp³-hybridized carbons (Fsp3) is 0.474. The van der Waals surface area contributed by atoms with E-state index in [0.717, 1.165) is 17.8 Å². The first-order valence-corrected chi connectivity index (χ1v) is 8.79. The van der Waals surface area contributed by atoms with Crippen LogP contribution in [0.2, 0.25) is 0 Å². The van der Waals surface area contributed by atoms with Gasteiger partial charge >= 0.3 is 6.03 Å². The van der Waals surface area contributed by atoms with Crippen molar-refractivity contribution >= 4 is 6.03 Å². The SMILES string of the molecule is CC(O)C1CCN(C(=O)NC(Cc2nccn2C)c2ccccc2)C1. The molecule has 0 bridgehead atoms. The van der Waals surface area contributed by atoms with Crippen LogP contribution < -0.4 is 5.32 Å². The number of aromatic nitrogens is 2. The summed E-state index contributed by atoms with van der Waals surface area (Å²) in [6, 6.07) is 9.76. The maximum absolute atomic E-state index is 12.7. The first-order chi connectivity index (χ1) is 12.0. The van der Waals surface area contributed by atoms with E-state index in [0.29, 0.717) is 19.5 Å². The van der Waals surface area contributed by atoms with Gasteiger partial charge in [0.15, 0.2) is 0 Å². The highest BCUT2D eigenvalue weighted by molar-refractivity contribution is 5.75. The number of nitrogens with one attached hydrogen (secondary N) is 1. The highest BCUT2D eigenvalue weighted by Crippen LogP contribution is 2.22. The van der Waals surface area contributed by atoms with Gasteiger partial charge < -0.3 is 19.9 Å². The molecule has 2 aromatic rings. The summed E-state index contributed by atoms with van der Waals surface area (Å²) in [6.45, 7) is 3.08. The second kappa shape index (κ2) is 7.70. The molecule has 3 atom stereocenters. The van der Waals surface area contributed by atoms with Gasteiger partial charge in [0, 0.05) is 44.9 Å². The van der Waals surface area contributed by atoms with Gasteiger partial charge in [-0.2, -0.15) is 0 Å². The fourth-order valence-corrected chi connectivity index (χ4v) is 3.32. The van der Waals surface area contributed by atoms with Crippen LogP contribution >= 0.6 is 0 Å². The lowest BCUT2D eigenvalue weighted by Gasteiger charge is -2.24. The van der Waals surface area contributed by atoms with E-state index in [1.165, 1.54) is 0 Å². The first kappa shape index (κ1) is 17.5. The minimum Gasteiger partial charge on any atom is -0.393 e. The molecule has 1 aliphatic heterocycles. The number of imidazole rings is 1. The number of nitrogens with zero attached hydrogens (tertiary/aromatic N) is 3. The van der Waals surface area contributed by atoms with Crippen LogP contribution in [-0.4, -0.2) is 44.8 Å². The quantitative estimate of drug-likeness (QED) is 0.874. The third kappa shape index (κ3) is 4.20. The average molecular weight is 342 g/mol. The minimum atomic E-state index is -0.379. The van der Waals surface area contributed by atoms with Crippen LogP contribution in [0.5, 0.6) is 0 Å². The Labute approximate surface area is 148 Å². The van der Waals surface area contributed by atoms with Gasteiger partial charge in [0.05, 0.1) is 12.1 Å². The molecule has 3 unspecified atom stereocenters. The van der Waals surface area contributed by atoms with E-state index in [4.69, 9.17) is 0 Å². The third-order valence-electron chi connectivity index (χ3n) is 5.00. The predicted octanol–water partition coefficient (Wildman–Crippen LogP) is 2.12. The number of likely N-dealkylation sites (tertiary alicyclic amines) is 1. The van der Waals surface area contributed by atoms with E-state index >= 15 is 0 Å². The number of carbonyl (C=O) groups excluding carboxylic acids is 1. The van der Waals surface area contributed by atoms with Gasteiger partial charge in [-0.05, 0) is 18.9 Å². The van der Waals surface area contributed by atoms with Crippen molar-refractivity contribution in [3.8, 4) is 0 Å². The summed E-state index contributed by atoms with van der Waals surface area (Å²) in [4.78, 5) is 18.9. The van der Waals surface area contributed by atoms with Gasteiger partial charge in [0.2, 0.25) is 0 Å². The zero-order valence-electron chi connectivity index (χ0n) is 14.8. The maximum Gasteiger partial charge on any atom is 0.317 e. The molecule has 2 amide bonds. The Hall–Kier alpha value is -2.34. The summed E-state index contributed by atoms with van der Waals surface area (Å²) in [5.41, 5.74) is 1.06. The van der Waals surface area contributed by atoms with Crippen LogP contribution in [0, 0.1) is 5.92 Å². The van der Waals surface area contributed by atoms with Crippen LogP contribution in [0.25, 0.3) is 0 Å². The summed E-state index contributed by atoms with van der Waals surface area (Å²) in [7, 11) is 1.96. The van der Waals surface area contributed by atoms with E-state index in [-0.39, 0.29) is 24.1 Å². The summed E-state index contributed by atoms with van der Waals surface area (Å²) in [5, 5.41) is 12.9. The Morgan fingerprint density at radius 2 is 2.16 bits per heavy atom. The van der Waals surface area contributed by atoms with E-state index in [1.807, 2.05) is 48.1 Å². The smallest absolute Gasteiger partial charge is 0.317 e. The maximum atomic E-state index is 12.7. The van der Waals surface area contributed by atoms with Gasteiger partial charge in [-0.15, -0.1) is 0 Å². The first-order valence-electron chi connectivity index (χ1n) is 8.79. The summed E-state index contributed by atoms with van der Waals surface area (Å²) in [5.74, 6) is 1.09. The monoisotopic (exact) mass is 342 g/mol. The Morgan fingerprint density at radius 3 is 2.76 bits per heavy atom. The largest absolute Gasteiger partial charge is 0.393 e. The molecular formula is C19H26N4O2. The zero-order valence-corrected chi connectivity index (χ0v) is 14.8. The van der Waals surface area contributed by atoms with Crippen molar-refractivity contribution in [2.45, 2.75) is 31.9 Å². The highest BCUT2D eigenvalue weighted by atomic mass is 16.3. The molecule has 0 spiro atoms. The zero-order chi connectivity index (χ0) is 17.8. The summed E-state index contributed by atoms with van der Waals surface area (Å²) in [6.07, 6.45) is 4.78. The number of benzene rings is 1. The van der Waals surface area contributed by atoms with Crippen molar-refractivity contribution in [3.63, 3.8) is 0 Å². The summed E-state index contributed by atoms with van der Waals surface area (Å²) < 4.78 is 1.97. The predicted molar refractivity (Wildman–Crippen MR) is 96.0 cm³/mol. The van der Waals surface area contributed by atoms with Crippen molar-refractivity contribution in [2.75, 3.05) is 13.1 Å². The summed E-state index contributed by atoms with van der Waals surface area (Å²) >= 11 is 0. The van der Waals surface area contributed by atoms with Crippen LogP contribution in [0.1, 0.15) is 30.8 Å². The third-order valence-corrected chi connectivity index (χ3v) is 5.00. The highest BCUT2D eigenvalue weighted by Gasteiger charge is 2.30. The number of aliphatic hydroxyl groups is 1. The number of carbonyl (C=O) groups is 1. The number of hydrogen-bond acceptors (Lipinski definition) is 3. The van der Waals surface area contributed by atoms with Crippen LogP contribution in [-0.2, 0) is 13.5 Å². The lowest BCUT2D eigenvalue weighted by atomic mass is 10.0. The molecule has 1 aromatic carbocycles. The molecule has 2 heterocycles. The second-order valence-corrected chi connectivity index (χ2v) is 6.81. The average Bonchev–Trinajstić information content (AvgIpc) is 3.25. The molecule has 1 aromatic heterocycles. The lowest BCUT2D eigenvalue weighted by Crippen LogP contribution is -2.41. The van der Waals surface area contributed by atoms with E-state index in [1.54, 1.807) is 18.0 Å². The van der Waals surface area contributed by atoms with E-state index < -0.39 is 0 Å². The number of amides is 2. The van der Waals surface area contributed by atoms with Crippen LogP contribution in [0.3, 0.4) is 0 Å². The number of rotatable bonds is 5. The molecule has 1 fully saturated rings. The van der Waals surface area contributed by atoms with Crippen molar-refractivity contribution in [3.05, 3.63) is 54.1 Å². The second-order valence-electron chi connectivity index (χ2n) is 6.81. The number of urea groups is 1. The number of aryl methyl sites for hydroxylation is 1. The van der Waals surface area contributed by atoms with E-state index in [2.05, 4.69) is 10.3 Å². The molecule has 0 radical (unpaired) electrons. The molecule has 0 saturated carbocycles. The van der Waals surface area contributed by atoms with Crippen LogP contribution in [0.4, 0.5) is 4.79 Å². The molecule has 2 N–H and O–H groups in total. The molecular weight excluding hydrogens is 316 g/mol. The molecule has 134 valence electrons. The van der Waals surface area contributed by atoms with Gasteiger partial charge in [0.25, 0.3) is 0 Å². The molecule has 6 nitrogen and oxygen atoms in total. The Balaban J connectivity index is 1.72. The van der Waals surface area contributed by atoms with Crippen LogP contribution in [0.15, 0.2) is 42.7 Å². The van der Waals surface area contributed by atoms with Gasteiger partial charge in [-0.3, -0.25) is 0 Å². The van der Waals surface area contributed by atoms with E-state index in [9.17, 15) is 9.90 Å². The lowest BCUT2D eigenvalue weighted by molar-refractivity contribution is 0.129. The van der Waals surface area contributed by atoms with Crippen molar-refractivity contribution in [1.82, 2.24) is 19.8 Å². The molecule has 25 heavy (non-hydrogen) atoms. The van der Waals surface area contributed by atoms with Crippen molar-refractivity contribution in [1.29, 1.82) is 0 Å². The number of aliphatic hydroxyl groups excluding tert-OH is 1.